The Morgan fingerprint density at radius 2 is 1.64 bits per heavy atom. The van der Waals surface area contributed by atoms with E-state index in [1.165, 1.54) is 10.5 Å². The first-order chi connectivity index (χ1) is 10.2. The van der Waals surface area contributed by atoms with Crippen LogP contribution in [-0.4, -0.2) is 31.8 Å². The van der Waals surface area contributed by atoms with Gasteiger partial charge in [0.15, 0.2) is 0 Å². The summed E-state index contributed by atoms with van der Waals surface area (Å²) < 4.78 is 6.21. The largest absolute Gasteiger partial charge is 0.486 e. The summed E-state index contributed by atoms with van der Waals surface area (Å²) in [5.41, 5.74) is 1.23. The van der Waals surface area contributed by atoms with Gasteiger partial charge < -0.3 is 9.64 Å². The fourth-order valence-corrected chi connectivity index (χ4v) is 2.56. The molecular formula is C18H24ClNOS. The molecule has 4 heteroatoms. The molecule has 2 aromatic rings. The van der Waals surface area contributed by atoms with E-state index in [1.54, 1.807) is 11.8 Å². The number of hydrogen-bond acceptors (Lipinski definition) is 3. The molecular weight excluding hydrogens is 314 g/mol. The lowest BCUT2D eigenvalue weighted by Crippen LogP contribution is -2.18. The van der Waals surface area contributed by atoms with Gasteiger partial charge in [0.1, 0.15) is 11.9 Å². The van der Waals surface area contributed by atoms with Crippen LogP contribution in [-0.2, 0) is 0 Å². The minimum absolute atomic E-state index is 0. The van der Waals surface area contributed by atoms with Gasteiger partial charge in [-0.25, -0.2) is 0 Å². The molecule has 0 bridgehead atoms. The van der Waals surface area contributed by atoms with Crippen molar-refractivity contribution < 1.29 is 4.74 Å². The first kappa shape index (κ1) is 18.9. The molecule has 2 nitrogen and oxygen atoms in total. The molecule has 2 aromatic carbocycles. The van der Waals surface area contributed by atoms with E-state index in [9.17, 15) is 0 Å². The van der Waals surface area contributed by atoms with Crippen molar-refractivity contribution in [1.82, 2.24) is 4.90 Å². The fraction of sp³-hybridized carbons (Fsp3) is 0.333. The van der Waals surface area contributed by atoms with Crippen molar-refractivity contribution in [2.24, 2.45) is 0 Å². The summed E-state index contributed by atoms with van der Waals surface area (Å²) in [5.74, 6) is 0.931. The molecule has 0 fully saturated rings. The predicted molar refractivity (Wildman–Crippen MR) is 98.5 cm³/mol. The number of halogens is 1. The molecule has 1 atom stereocenters. The van der Waals surface area contributed by atoms with Crippen molar-refractivity contribution in [3.8, 4) is 5.75 Å². The molecule has 0 radical (unpaired) electrons. The summed E-state index contributed by atoms with van der Waals surface area (Å²) in [5, 5.41) is 0. The van der Waals surface area contributed by atoms with Crippen molar-refractivity contribution in [3.05, 3.63) is 60.2 Å². The Kier molecular flexibility index (Phi) is 8.39. The van der Waals surface area contributed by atoms with Gasteiger partial charge in [-0.1, -0.05) is 30.3 Å². The molecule has 2 rings (SSSR count). The molecule has 0 aliphatic carbocycles. The number of hydrogen-bond donors (Lipinski definition) is 0. The van der Waals surface area contributed by atoms with E-state index in [0.717, 1.165) is 18.7 Å². The summed E-state index contributed by atoms with van der Waals surface area (Å²) in [6.45, 7) is 1.00. The van der Waals surface area contributed by atoms with Crippen LogP contribution in [0.5, 0.6) is 5.75 Å². The number of thioether (sulfide) groups is 1. The Morgan fingerprint density at radius 1 is 1.00 bits per heavy atom. The molecule has 0 heterocycles. The molecule has 0 saturated carbocycles. The van der Waals surface area contributed by atoms with Crippen molar-refractivity contribution in [1.29, 1.82) is 0 Å². The van der Waals surface area contributed by atoms with Crippen molar-refractivity contribution in [3.63, 3.8) is 0 Å². The van der Waals surface area contributed by atoms with Gasteiger partial charge >= 0.3 is 0 Å². The lowest BCUT2D eigenvalue weighted by Gasteiger charge is -2.21. The number of rotatable bonds is 7. The maximum Gasteiger partial charge on any atom is 0.125 e. The Balaban J connectivity index is 0.00000242. The average molecular weight is 338 g/mol. The second-order valence-corrected chi connectivity index (χ2v) is 6.16. The Labute approximate surface area is 144 Å². The molecule has 0 spiro atoms. The SMILES string of the molecule is CSc1ccc(OC(CCN(C)C)c2ccccc2)cc1.Cl. The molecule has 0 saturated heterocycles. The quantitative estimate of drug-likeness (QED) is 0.666. The van der Waals surface area contributed by atoms with E-state index in [0.29, 0.717) is 0 Å². The number of nitrogens with zero attached hydrogens (tertiary/aromatic N) is 1. The summed E-state index contributed by atoms with van der Waals surface area (Å²) in [6, 6.07) is 18.8. The van der Waals surface area contributed by atoms with E-state index in [1.807, 2.05) is 6.07 Å². The van der Waals surface area contributed by atoms with Gasteiger partial charge in [0.05, 0.1) is 0 Å². The molecule has 0 N–H and O–H groups in total. The standard InChI is InChI=1S/C18H23NOS.ClH/c1-19(2)14-13-18(15-7-5-4-6-8-15)20-16-9-11-17(21-3)12-10-16;/h4-12,18H,13-14H2,1-3H3;1H. The fourth-order valence-electron chi connectivity index (χ4n) is 2.16. The van der Waals surface area contributed by atoms with Crippen LogP contribution in [0, 0.1) is 0 Å². The maximum atomic E-state index is 6.21. The van der Waals surface area contributed by atoms with E-state index in [4.69, 9.17) is 4.74 Å². The minimum atomic E-state index is 0. The van der Waals surface area contributed by atoms with Crippen molar-refractivity contribution in [2.75, 3.05) is 26.9 Å². The van der Waals surface area contributed by atoms with Gasteiger partial charge in [0.25, 0.3) is 0 Å². The Hall–Kier alpha value is -1.16. The smallest absolute Gasteiger partial charge is 0.125 e. The minimum Gasteiger partial charge on any atom is -0.486 e. The molecule has 0 aliphatic heterocycles. The van der Waals surface area contributed by atoms with Crippen molar-refractivity contribution >= 4 is 24.2 Å². The van der Waals surface area contributed by atoms with Gasteiger partial charge in [-0.2, -0.15) is 0 Å². The Morgan fingerprint density at radius 3 is 2.18 bits per heavy atom. The third-order valence-corrected chi connectivity index (χ3v) is 4.09. The first-order valence-corrected chi connectivity index (χ1v) is 8.42. The second-order valence-electron chi connectivity index (χ2n) is 5.28. The first-order valence-electron chi connectivity index (χ1n) is 7.19. The second kappa shape index (κ2) is 9.78. The van der Waals surface area contributed by atoms with Gasteiger partial charge in [-0.15, -0.1) is 24.2 Å². The predicted octanol–water partition coefficient (Wildman–Crippen LogP) is 4.90. The molecule has 22 heavy (non-hydrogen) atoms. The highest BCUT2D eigenvalue weighted by Crippen LogP contribution is 2.26. The zero-order valence-electron chi connectivity index (χ0n) is 13.4. The third-order valence-electron chi connectivity index (χ3n) is 3.35. The average Bonchev–Trinajstić information content (AvgIpc) is 2.52. The number of benzene rings is 2. The lowest BCUT2D eigenvalue weighted by atomic mass is 10.1. The highest BCUT2D eigenvalue weighted by Gasteiger charge is 2.13. The summed E-state index contributed by atoms with van der Waals surface area (Å²) in [4.78, 5) is 3.45. The highest BCUT2D eigenvalue weighted by atomic mass is 35.5. The lowest BCUT2D eigenvalue weighted by molar-refractivity contribution is 0.179. The number of ether oxygens (including phenoxy) is 1. The molecule has 1 unspecified atom stereocenters. The zero-order valence-corrected chi connectivity index (χ0v) is 15.0. The van der Waals surface area contributed by atoms with Gasteiger partial charge in [0.2, 0.25) is 0 Å². The van der Waals surface area contributed by atoms with Crippen LogP contribution in [0.4, 0.5) is 0 Å². The van der Waals surface area contributed by atoms with Gasteiger partial charge in [0, 0.05) is 17.9 Å². The molecule has 0 aliphatic rings. The molecule has 120 valence electrons. The molecule has 0 amide bonds. The van der Waals surface area contributed by atoms with Crippen molar-refractivity contribution in [2.45, 2.75) is 17.4 Å². The van der Waals surface area contributed by atoms with E-state index in [-0.39, 0.29) is 18.5 Å². The topological polar surface area (TPSA) is 12.5 Å². The molecule has 0 aromatic heterocycles. The summed E-state index contributed by atoms with van der Waals surface area (Å²) in [7, 11) is 4.19. The van der Waals surface area contributed by atoms with Crippen LogP contribution < -0.4 is 4.74 Å². The van der Waals surface area contributed by atoms with Crippen LogP contribution in [0.3, 0.4) is 0 Å². The summed E-state index contributed by atoms with van der Waals surface area (Å²) >= 11 is 1.74. The van der Waals surface area contributed by atoms with Crippen LogP contribution >= 0.6 is 24.2 Å². The Bertz CT molecular complexity index is 531. The monoisotopic (exact) mass is 337 g/mol. The van der Waals surface area contributed by atoms with Gasteiger partial charge in [-0.3, -0.25) is 0 Å². The summed E-state index contributed by atoms with van der Waals surface area (Å²) in [6.07, 6.45) is 3.15. The van der Waals surface area contributed by atoms with E-state index in [2.05, 4.69) is 73.8 Å². The third kappa shape index (κ3) is 5.91. The highest BCUT2D eigenvalue weighted by molar-refractivity contribution is 7.98. The van der Waals surface area contributed by atoms with E-state index < -0.39 is 0 Å². The zero-order chi connectivity index (χ0) is 15.1. The maximum absolute atomic E-state index is 6.21. The van der Waals surface area contributed by atoms with Crippen LogP contribution in [0.25, 0.3) is 0 Å². The van der Waals surface area contributed by atoms with Gasteiger partial charge in [-0.05, 0) is 50.2 Å². The van der Waals surface area contributed by atoms with Crippen LogP contribution in [0.2, 0.25) is 0 Å². The van der Waals surface area contributed by atoms with E-state index >= 15 is 0 Å². The van der Waals surface area contributed by atoms with Crippen LogP contribution in [0.15, 0.2) is 59.5 Å². The normalized spacial score (nSPS) is 11.8. The van der Waals surface area contributed by atoms with Crippen LogP contribution in [0.1, 0.15) is 18.1 Å².